The van der Waals surface area contributed by atoms with Crippen molar-refractivity contribution >= 4 is 0 Å². The number of nitrogens with zero attached hydrogens (tertiary/aromatic N) is 2. The summed E-state index contributed by atoms with van der Waals surface area (Å²) >= 11 is 0. The first-order valence-corrected chi connectivity index (χ1v) is 7.12. The average molecular weight is 249 g/mol. The number of aryl methyl sites for hydroxylation is 3. The number of nitrogens with one attached hydrogen (secondary N) is 1. The van der Waals surface area contributed by atoms with Crippen LogP contribution in [0.4, 0.5) is 0 Å². The van der Waals surface area contributed by atoms with Gasteiger partial charge in [-0.15, -0.1) is 0 Å². The third kappa shape index (κ3) is 4.37. The summed E-state index contributed by atoms with van der Waals surface area (Å²) in [6.45, 7) is 13.0. The molecule has 3 nitrogen and oxygen atoms in total. The fourth-order valence-electron chi connectivity index (χ4n) is 2.21. The van der Waals surface area contributed by atoms with Gasteiger partial charge in [-0.3, -0.25) is 0 Å². The molecule has 1 aromatic rings. The Morgan fingerprint density at radius 3 is 2.22 bits per heavy atom. The van der Waals surface area contributed by atoms with Crippen molar-refractivity contribution in [1.82, 2.24) is 15.3 Å². The molecule has 0 aliphatic carbocycles. The standard InChI is InChI=1S/C15H27N3/c1-6-8-16-10-11(3)9-14-12(4)17-15(7-2)18-13(14)5/h11,16H,6-10H2,1-5H3. The minimum atomic E-state index is 0.630. The molecule has 0 spiro atoms. The zero-order valence-corrected chi connectivity index (χ0v) is 12.5. The Morgan fingerprint density at radius 1 is 1.11 bits per heavy atom. The van der Waals surface area contributed by atoms with Gasteiger partial charge in [-0.25, -0.2) is 9.97 Å². The molecule has 3 heteroatoms. The fraction of sp³-hybridized carbons (Fsp3) is 0.733. The molecule has 0 saturated heterocycles. The molecule has 1 atom stereocenters. The highest BCUT2D eigenvalue weighted by molar-refractivity contribution is 5.24. The molecule has 0 amide bonds. The van der Waals surface area contributed by atoms with Crippen molar-refractivity contribution in [1.29, 1.82) is 0 Å². The maximum absolute atomic E-state index is 4.57. The van der Waals surface area contributed by atoms with Gasteiger partial charge in [0.2, 0.25) is 0 Å². The Labute approximate surface area is 111 Å². The monoisotopic (exact) mass is 249 g/mol. The van der Waals surface area contributed by atoms with Gasteiger partial charge in [0.1, 0.15) is 5.82 Å². The highest BCUT2D eigenvalue weighted by Gasteiger charge is 2.11. The highest BCUT2D eigenvalue weighted by atomic mass is 14.9. The van der Waals surface area contributed by atoms with Gasteiger partial charge < -0.3 is 5.32 Å². The van der Waals surface area contributed by atoms with E-state index < -0.39 is 0 Å². The first-order chi connectivity index (χ1) is 8.58. The van der Waals surface area contributed by atoms with Crippen LogP contribution in [-0.4, -0.2) is 23.1 Å². The molecule has 0 radical (unpaired) electrons. The van der Waals surface area contributed by atoms with Crippen molar-refractivity contribution in [3.8, 4) is 0 Å². The van der Waals surface area contributed by atoms with E-state index in [0.29, 0.717) is 5.92 Å². The van der Waals surface area contributed by atoms with E-state index in [0.717, 1.165) is 43.1 Å². The van der Waals surface area contributed by atoms with Crippen LogP contribution in [0.3, 0.4) is 0 Å². The summed E-state index contributed by atoms with van der Waals surface area (Å²) in [5, 5.41) is 3.48. The van der Waals surface area contributed by atoms with E-state index in [9.17, 15) is 0 Å². The predicted molar refractivity (Wildman–Crippen MR) is 76.9 cm³/mol. The highest BCUT2D eigenvalue weighted by Crippen LogP contribution is 2.15. The van der Waals surface area contributed by atoms with Crippen LogP contribution < -0.4 is 5.32 Å². The van der Waals surface area contributed by atoms with E-state index in [1.807, 2.05) is 0 Å². The molecule has 0 fully saturated rings. The molecule has 0 aliphatic heterocycles. The Balaban J connectivity index is 2.66. The molecule has 1 heterocycles. The zero-order valence-electron chi connectivity index (χ0n) is 12.5. The van der Waals surface area contributed by atoms with Gasteiger partial charge in [0.25, 0.3) is 0 Å². The van der Waals surface area contributed by atoms with Gasteiger partial charge in [0, 0.05) is 17.8 Å². The molecule has 1 rings (SSSR count). The van der Waals surface area contributed by atoms with Crippen molar-refractivity contribution in [2.75, 3.05) is 13.1 Å². The lowest BCUT2D eigenvalue weighted by Crippen LogP contribution is -2.23. The van der Waals surface area contributed by atoms with Crippen molar-refractivity contribution in [2.45, 2.75) is 53.9 Å². The predicted octanol–water partition coefficient (Wildman–Crippen LogP) is 2.83. The van der Waals surface area contributed by atoms with Gasteiger partial charge >= 0.3 is 0 Å². The van der Waals surface area contributed by atoms with Gasteiger partial charge in [0.05, 0.1) is 0 Å². The largest absolute Gasteiger partial charge is 0.316 e. The van der Waals surface area contributed by atoms with Crippen molar-refractivity contribution in [3.63, 3.8) is 0 Å². The van der Waals surface area contributed by atoms with Crippen LogP contribution in [0.2, 0.25) is 0 Å². The van der Waals surface area contributed by atoms with Crippen LogP contribution >= 0.6 is 0 Å². The first kappa shape index (κ1) is 15.1. The first-order valence-electron chi connectivity index (χ1n) is 7.12. The number of hydrogen-bond donors (Lipinski definition) is 1. The summed E-state index contributed by atoms with van der Waals surface area (Å²) in [6, 6.07) is 0. The molecule has 18 heavy (non-hydrogen) atoms. The molecular weight excluding hydrogens is 222 g/mol. The molecule has 1 N–H and O–H groups in total. The molecule has 1 unspecified atom stereocenters. The Bertz CT molecular complexity index is 351. The maximum atomic E-state index is 4.57. The van der Waals surface area contributed by atoms with Gasteiger partial charge in [-0.1, -0.05) is 20.8 Å². The lowest BCUT2D eigenvalue weighted by molar-refractivity contribution is 0.507. The number of hydrogen-bond acceptors (Lipinski definition) is 3. The van der Waals surface area contributed by atoms with Crippen LogP contribution in [0.1, 0.15) is 50.0 Å². The molecule has 0 aromatic carbocycles. The quantitative estimate of drug-likeness (QED) is 0.755. The lowest BCUT2D eigenvalue weighted by atomic mass is 9.98. The third-order valence-corrected chi connectivity index (χ3v) is 3.26. The second-order valence-corrected chi connectivity index (χ2v) is 5.16. The van der Waals surface area contributed by atoms with Crippen LogP contribution in [-0.2, 0) is 12.8 Å². The van der Waals surface area contributed by atoms with Crippen molar-refractivity contribution < 1.29 is 0 Å². The Kier molecular flexibility index (Phi) is 6.27. The van der Waals surface area contributed by atoms with E-state index in [4.69, 9.17) is 0 Å². The zero-order chi connectivity index (χ0) is 13.5. The summed E-state index contributed by atoms with van der Waals surface area (Å²) in [5.41, 5.74) is 3.64. The summed E-state index contributed by atoms with van der Waals surface area (Å²) < 4.78 is 0. The molecule has 102 valence electrons. The SMILES string of the molecule is CCCNCC(C)Cc1c(C)nc(CC)nc1C. The minimum absolute atomic E-state index is 0.630. The summed E-state index contributed by atoms with van der Waals surface area (Å²) in [6.07, 6.45) is 3.17. The molecule has 0 saturated carbocycles. The summed E-state index contributed by atoms with van der Waals surface area (Å²) in [7, 11) is 0. The molecule has 0 aliphatic rings. The van der Waals surface area contributed by atoms with Crippen LogP contribution in [0.15, 0.2) is 0 Å². The van der Waals surface area contributed by atoms with Crippen LogP contribution in [0.25, 0.3) is 0 Å². The number of aromatic nitrogens is 2. The Morgan fingerprint density at radius 2 is 1.72 bits per heavy atom. The normalized spacial score (nSPS) is 12.7. The van der Waals surface area contributed by atoms with Crippen molar-refractivity contribution in [2.24, 2.45) is 5.92 Å². The van der Waals surface area contributed by atoms with Crippen LogP contribution in [0.5, 0.6) is 0 Å². The van der Waals surface area contributed by atoms with E-state index >= 15 is 0 Å². The van der Waals surface area contributed by atoms with Crippen LogP contribution in [0, 0.1) is 19.8 Å². The molecular formula is C15H27N3. The minimum Gasteiger partial charge on any atom is -0.316 e. The summed E-state index contributed by atoms with van der Waals surface area (Å²) in [4.78, 5) is 9.14. The van der Waals surface area contributed by atoms with Gasteiger partial charge in [-0.2, -0.15) is 0 Å². The number of rotatable bonds is 7. The topological polar surface area (TPSA) is 37.8 Å². The third-order valence-electron chi connectivity index (χ3n) is 3.26. The van der Waals surface area contributed by atoms with E-state index in [2.05, 4.69) is 49.9 Å². The smallest absolute Gasteiger partial charge is 0.128 e. The van der Waals surface area contributed by atoms with Gasteiger partial charge in [0.15, 0.2) is 0 Å². The lowest BCUT2D eigenvalue weighted by Gasteiger charge is -2.16. The van der Waals surface area contributed by atoms with Crippen molar-refractivity contribution in [3.05, 3.63) is 22.8 Å². The average Bonchev–Trinajstić information content (AvgIpc) is 2.34. The fourth-order valence-corrected chi connectivity index (χ4v) is 2.21. The van der Waals surface area contributed by atoms with E-state index in [1.54, 1.807) is 0 Å². The molecule has 0 bridgehead atoms. The van der Waals surface area contributed by atoms with E-state index in [1.165, 1.54) is 12.0 Å². The second-order valence-electron chi connectivity index (χ2n) is 5.16. The summed E-state index contributed by atoms with van der Waals surface area (Å²) in [5.74, 6) is 1.59. The van der Waals surface area contributed by atoms with Gasteiger partial charge in [-0.05, 0) is 51.3 Å². The maximum Gasteiger partial charge on any atom is 0.128 e. The second kappa shape index (κ2) is 7.47. The van der Waals surface area contributed by atoms with E-state index in [-0.39, 0.29) is 0 Å². The molecule has 1 aromatic heterocycles. The Hall–Kier alpha value is -0.960.